The zero-order valence-corrected chi connectivity index (χ0v) is 16.0. The fourth-order valence-electron chi connectivity index (χ4n) is 2.37. The van der Waals surface area contributed by atoms with Crippen LogP contribution in [-0.2, 0) is 9.53 Å². The van der Waals surface area contributed by atoms with Crippen LogP contribution in [0, 0.1) is 0 Å². The van der Waals surface area contributed by atoms with Gasteiger partial charge in [0.1, 0.15) is 0 Å². The van der Waals surface area contributed by atoms with Gasteiger partial charge in [-0.3, -0.25) is 9.59 Å². The lowest BCUT2D eigenvalue weighted by molar-refractivity contribution is -0.119. The van der Waals surface area contributed by atoms with Crippen LogP contribution in [-0.4, -0.2) is 43.4 Å². The summed E-state index contributed by atoms with van der Waals surface area (Å²) in [5.41, 5.74) is 2.57. The average molecular weight is 368 g/mol. The zero-order valence-electron chi connectivity index (χ0n) is 16.0. The van der Waals surface area contributed by atoms with Crippen LogP contribution in [0.5, 0.6) is 0 Å². The Morgan fingerprint density at radius 1 is 0.926 bits per heavy atom. The second kappa shape index (κ2) is 8.98. The van der Waals surface area contributed by atoms with Crippen molar-refractivity contribution in [3.05, 3.63) is 65.2 Å². The Morgan fingerprint density at radius 3 is 2.00 bits per heavy atom. The number of nitrogens with one attached hydrogen (secondary N) is 1. The number of carbonyl (C=O) groups excluding carboxylic acids is 3. The Morgan fingerprint density at radius 2 is 1.48 bits per heavy atom. The molecule has 2 amide bonds. The molecule has 0 spiro atoms. The maximum atomic E-state index is 12.0. The van der Waals surface area contributed by atoms with Gasteiger partial charge in [-0.15, -0.1) is 0 Å². The minimum absolute atomic E-state index is 0.120. The van der Waals surface area contributed by atoms with Gasteiger partial charge in [-0.2, -0.15) is 0 Å². The van der Waals surface area contributed by atoms with Crippen molar-refractivity contribution in [2.45, 2.75) is 19.8 Å². The lowest BCUT2D eigenvalue weighted by Crippen LogP contribution is -2.22. The first-order valence-electron chi connectivity index (χ1n) is 8.66. The van der Waals surface area contributed by atoms with Gasteiger partial charge in [0.15, 0.2) is 6.61 Å². The number of amides is 2. The molecule has 6 nitrogen and oxygen atoms in total. The van der Waals surface area contributed by atoms with E-state index in [1.54, 1.807) is 50.5 Å². The maximum Gasteiger partial charge on any atom is 0.338 e. The molecule has 0 aromatic heterocycles. The van der Waals surface area contributed by atoms with E-state index in [0.29, 0.717) is 22.7 Å². The van der Waals surface area contributed by atoms with Gasteiger partial charge < -0.3 is 15.0 Å². The minimum atomic E-state index is -0.549. The molecule has 0 radical (unpaired) electrons. The molecule has 0 heterocycles. The molecule has 0 atom stereocenters. The quantitative estimate of drug-likeness (QED) is 0.794. The Bertz CT molecular complexity index is 809. The van der Waals surface area contributed by atoms with Crippen LogP contribution < -0.4 is 5.32 Å². The summed E-state index contributed by atoms with van der Waals surface area (Å²) in [5.74, 6) is -0.744. The summed E-state index contributed by atoms with van der Waals surface area (Å²) >= 11 is 0. The molecule has 0 aliphatic heterocycles. The van der Waals surface area contributed by atoms with Gasteiger partial charge in [0, 0.05) is 25.3 Å². The first-order chi connectivity index (χ1) is 12.8. The van der Waals surface area contributed by atoms with Crippen molar-refractivity contribution < 1.29 is 19.1 Å². The summed E-state index contributed by atoms with van der Waals surface area (Å²) in [5, 5.41) is 2.63. The van der Waals surface area contributed by atoms with Crippen LogP contribution in [0.1, 0.15) is 46.0 Å². The van der Waals surface area contributed by atoms with Crippen LogP contribution in [0.4, 0.5) is 5.69 Å². The third kappa shape index (κ3) is 5.67. The molecule has 0 bridgehead atoms. The molecule has 0 unspecified atom stereocenters. The SMILES string of the molecule is CC(C)c1ccc(C(=O)OCC(=O)Nc2ccc(C(=O)N(C)C)cc2)cc1. The summed E-state index contributed by atoms with van der Waals surface area (Å²) in [4.78, 5) is 37.3. The first-order valence-corrected chi connectivity index (χ1v) is 8.66. The van der Waals surface area contributed by atoms with Crippen LogP contribution in [0.2, 0.25) is 0 Å². The van der Waals surface area contributed by atoms with E-state index in [0.717, 1.165) is 5.56 Å². The van der Waals surface area contributed by atoms with Crippen LogP contribution in [0.25, 0.3) is 0 Å². The predicted molar refractivity (Wildman–Crippen MR) is 104 cm³/mol. The number of benzene rings is 2. The standard InChI is InChI=1S/C21H24N2O4/c1-14(2)15-5-7-17(8-6-15)21(26)27-13-19(24)22-18-11-9-16(10-12-18)20(25)23(3)4/h5-12,14H,13H2,1-4H3,(H,22,24). The molecular formula is C21H24N2O4. The van der Waals surface area contributed by atoms with Gasteiger partial charge in [-0.1, -0.05) is 26.0 Å². The van der Waals surface area contributed by atoms with E-state index in [1.165, 1.54) is 4.90 Å². The topological polar surface area (TPSA) is 75.7 Å². The van der Waals surface area contributed by atoms with Crippen molar-refractivity contribution in [1.29, 1.82) is 0 Å². The third-order valence-corrected chi connectivity index (χ3v) is 3.97. The van der Waals surface area contributed by atoms with E-state index in [4.69, 9.17) is 4.74 Å². The largest absolute Gasteiger partial charge is 0.452 e. The van der Waals surface area contributed by atoms with E-state index >= 15 is 0 Å². The van der Waals surface area contributed by atoms with Crippen molar-refractivity contribution in [3.63, 3.8) is 0 Å². The Labute approximate surface area is 159 Å². The highest BCUT2D eigenvalue weighted by Gasteiger charge is 2.12. The molecule has 2 rings (SSSR count). The van der Waals surface area contributed by atoms with Crippen molar-refractivity contribution in [2.75, 3.05) is 26.0 Å². The van der Waals surface area contributed by atoms with E-state index in [9.17, 15) is 14.4 Å². The van der Waals surface area contributed by atoms with E-state index in [2.05, 4.69) is 19.2 Å². The maximum absolute atomic E-state index is 12.0. The fourth-order valence-corrected chi connectivity index (χ4v) is 2.37. The Balaban J connectivity index is 1.86. The summed E-state index contributed by atoms with van der Waals surface area (Å²) in [6.07, 6.45) is 0. The van der Waals surface area contributed by atoms with E-state index in [-0.39, 0.29) is 12.5 Å². The molecule has 0 aliphatic carbocycles. The number of nitrogens with zero attached hydrogens (tertiary/aromatic N) is 1. The molecular weight excluding hydrogens is 344 g/mol. The number of hydrogen-bond donors (Lipinski definition) is 1. The Hall–Kier alpha value is -3.15. The van der Waals surface area contributed by atoms with Crippen molar-refractivity contribution in [3.8, 4) is 0 Å². The van der Waals surface area contributed by atoms with E-state index < -0.39 is 11.9 Å². The van der Waals surface area contributed by atoms with Crippen LogP contribution >= 0.6 is 0 Å². The first kappa shape index (κ1) is 20.2. The average Bonchev–Trinajstić information content (AvgIpc) is 2.66. The monoisotopic (exact) mass is 368 g/mol. The molecule has 2 aromatic carbocycles. The molecule has 1 N–H and O–H groups in total. The fraction of sp³-hybridized carbons (Fsp3) is 0.286. The lowest BCUT2D eigenvalue weighted by atomic mass is 10.0. The number of ether oxygens (including phenoxy) is 1. The van der Waals surface area contributed by atoms with Crippen molar-refractivity contribution in [1.82, 2.24) is 4.90 Å². The van der Waals surface area contributed by atoms with Crippen molar-refractivity contribution >= 4 is 23.5 Å². The van der Waals surface area contributed by atoms with E-state index in [1.807, 2.05) is 12.1 Å². The molecule has 0 saturated heterocycles. The normalized spacial score (nSPS) is 10.4. The summed E-state index contributed by atoms with van der Waals surface area (Å²) in [6.45, 7) is 3.75. The summed E-state index contributed by atoms with van der Waals surface area (Å²) in [7, 11) is 3.34. The number of rotatable bonds is 6. The molecule has 27 heavy (non-hydrogen) atoms. The highest BCUT2D eigenvalue weighted by molar-refractivity contribution is 5.97. The second-order valence-corrected chi connectivity index (χ2v) is 6.68. The molecule has 2 aromatic rings. The van der Waals surface area contributed by atoms with Crippen molar-refractivity contribution in [2.24, 2.45) is 0 Å². The van der Waals surface area contributed by atoms with Crippen LogP contribution in [0.15, 0.2) is 48.5 Å². The van der Waals surface area contributed by atoms with Gasteiger partial charge in [0.05, 0.1) is 5.56 Å². The van der Waals surface area contributed by atoms with Gasteiger partial charge in [0.25, 0.3) is 11.8 Å². The number of carbonyl (C=O) groups is 3. The highest BCUT2D eigenvalue weighted by atomic mass is 16.5. The smallest absolute Gasteiger partial charge is 0.338 e. The zero-order chi connectivity index (χ0) is 20.0. The number of anilines is 1. The summed E-state index contributed by atoms with van der Waals surface area (Å²) < 4.78 is 5.04. The number of hydrogen-bond acceptors (Lipinski definition) is 4. The molecule has 0 fully saturated rings. The minimum Gasteiger partial charge on any atom is -0.452 e. The number of esters is 1. The molecule has 0 saturated carbocycles. The third-order valence-electron chi connectivity index (χ3n) is 3.97. The van der Waals surface area contributed by atoms with Crippen LogP contribution in [0.3, 0.4) is 0 Å². The molecule has 0 aliphatic rings. The van der Waals surface area contributed by atoms with Gasteiger partial charge in [0.2, 0.25) is 0 Å². The second-order valence-electron chi connectivity index (χ2n) is 6.68. The highest BCUT2D eigenvalue weighted by Crippen LogP contribution is 2.15. The van der Waals surface area contributed by atoms with Gasteiger partial charge in [-0.05, 0) is 47.9 Å². The summed E-state index contributed by atoms with van der Waals surface area (Å²) in [6, 6.07) is 13.6. The lowest BCUT2D eigenvalue weighted by Gasteiger charge is -2.11. The van der Waals surface area contributed by atoms with Gasteiger partial charge >= 0.3 is 5.97 Å². The molecule has 6 heteroatoms. The predicted octanol–water partition coefficient (Wildman–Crippen LogP) is 3.31. The Kier molecular flexibility index (Phi) is 6.71. The molecule has 142 valence electrons. The van der Waals surface area contributed by atoms with Gasteiger partial charge in [-0.25, -0.2) is 4.79 Å².